The van der Waals surface area contributed by atoms with E-state index in [2.05, 4.69) is 20.8 Å². The summed E-state index contributed by atoms with van der Waals surface area (Å²) in [5.41, 5.74) is 1.58. The number of thioether (sulfide) groups is 1. The Morgan fingerprint density at radius 3 is 2.85 bits per heavy atom. The van der Waals surface area contributed by atoms with Crippen molar-refractivity contribution in [1.82, 2.24) is 20.2 Å². The number of ether oxygens (including phenoxy) is 1. The van der Waals surface area contributed by atoms with Gasteiger partial charge in [-0.2, -0.15) is 0 Å². The van der Waals surface area contributed by atoms with Crippen LogP contribution in [0.4, 0.5) is 5.00 Å². The minimum Gasteiger partial charge on any atom is -0.462 e. The summed E-state index contributed by atoms with van der Waals surface area (Å²) in [6, 6.07) is 0. The molecule has 0 bridgehead atoms. The Morgan fingerprint density at radius 1 is 1.31 bits per heavy atom. The number of nitrogens with zero attached hydrogens (tertiary/aromatic N) is 4. The lowest BCUT2D eigenvalue weighted by Crippen LogP contribution is -2.17. The zero-order valence-corrected chi connectivity index (χ0v) is 16.4. The fourth-order valence-corrected chi connectivity index (χ4v) is 4.83. The van der Waals surface area contributed by atoms with Crippen LogP contribution in [0.2, 0.25) is 0 Å². The van der Waals surface area contributed by atoms with Crippen LogP contribution in [0.5, 0.6) is 0 Å². The molecule has 3 rings (SSSR count). The van der Waals surface area contributed by atoms with Crippen LogP contribution in [-0.2, 0) is 29.4 Å². The van der Waals surface area contributed by atoms with Crippen molar-refractivity contribution >= 4 is 40.0 Å². The topological polar surface area (TPSA) is 99.0 Å². The highest BCUT2D eigenvalue weighted by atomic mass is 32.2. The van der Waals surface area contributed by atoms with Crippen molar-refractivity contribution in [1.29, 1.82) is 0 Å². The Kier molecular flexibility index (Phi) is 6.25. The fraction of sp³-hybridized carbons (Fsp3) is 0.562. The predicted molar refractivity (Wildman–Crippen MR) is 99.7 cm³/mol. The third kappa shape index (κ3) is 4.24. The lowest BCUT2D eigenvalue weighted by Gasteiger charge is -2.08. The summed E-state index contributed by atoms with van der Waals surface area (Å²) < 4.78 is 6.74. The molecular formula is C16H21N5O3S2. The number of carbonyl (C=O) groups is 2. The van der Waals surface area contributed by atoms with Gasteiger partial charge in [0.05, 0.1) is 17.9 Å². The molecule has 140 valence electrons. The second kappa shape index (κ2) is 8.63. The van der Waals surface area contributed by atoms with Crippen molar-refractivity contribution in [3.63, 3.8) is 0 Å². The van der Waals surface area contributed by atoms with E-state index < -0.39 is 0 Å². The van der Waals surface area contributed by atoms with Gasteiger partial charge in [0.25, 0.3) is 0 Å². The van der Waals surface area contributed by atoms with Crippen molar-refractivity contribution in [3.8, 4) is 0 Å². The van der Waals surface area contributed by atoms with Crippen molar-refractivity contribution in [2.24, 2.45) is 7.05 Å². The third-order valence-corrected chi connectivity index (χ3v) is 6.29. The number of hydrogen-bond acceptors (Lipinski definition) is 8. The number of aryl methyl sites for hydroxylation is 2. The van der Waals surface area contributed by atoms with Gasteiger partial charge in [-0.1, -0.05) is 18.2 Å². The molecule has 0 spiro atoms. The molecule has 10 heteroatoms. The summed E-state index contributed by atoms with van der Waals surface area (Å²) in [4.78, 5) is 26.0. The van der Waals surface area contributed by atoms with E-state index in [1.165, 1.54) is 32.7 Å². The Morgan fingerprint density at radius 2 is 2.12 bits per heavy atom. The molecule has 1 aliphatic rings. The van der Waals surface area contributed by atoms with Crippen molar-refractivity contribution < 1.29 is 14.3 Å². The average molecular weight is 396 g/mol. The molecule has 2 aromatic rings. The number of esters is 1. The first-order valence-electron chi connectivity index (χ1n) is 8.56. The highest BCUT2D eigenvalue weighted by Gasteiger charge is 2.26. The minimum absolute atomic E-state index is 0.166. The predicted octanol–water partition coefficient (Wildman–Crippen LogP) is 2.45. The van der Waals surface area contributed by atoms with Gasteiger partial charge in [-0.25, -0.2) is 9.48 Å². The summed E-state index contributed by atoms with van der Waals surface area (Å²) in [5.74, 6) is -0.383. The van der Waals surface area contributed by atoms with Gasteiger partial charge in [0.1, 0.15) is 5.00 Å². The average Bonchev–Trinajstić information content (AvgIpc) is 3.08. The molecule has 0 unspecified atom stereocenters. The number of carbonyl (C=O) groups excluding carboxylic acids is 2. The maximum absolute atomic E-state index is 12.5. The molecule has 0 aliphatic heterocycles. The Balaban J connectivity index is 1.76. The number of nitrogens with one attached hydrogen (secondary N) is 1. The molecule has 1 N–H and O–H groups in total. The smallest absolute Gasteiger partial charge is 0.341 e. The molecular weight excluding hydrogens is 374 g/mol. The van der Waals surface area contributed by atoms with Gasteiger partial charge in [0.2, 0.25) is 11.1 Å². The van der Waals surface area contributed by atoms with Gasteiger partial charge in [0.15, 0.2) is 0 Å². The molecule has 2 aromatic heterocycles. The van der Waals surface area contributed by atoms with Crippen LogP contribution in [0.25, 0.3) is 0 Å². The minimum atomic E-state index is -0.354. The van der Waals surface area contributed by atoms with Crippen LogP contribution in [0.3, 0.4) is 0 Å². The Bertz CT molecular complexity index is 802. The number of rotatable bonds is 6. The molecule has 26 heavy (non-hydrogen) atoms. The van der Waals surface area contributed by atoms with E-state index in [0.717, 1.165) is 37.7 Å². The molecule has 0 saturated carbocycles. The first-order chi connectivity index (χ1) is 12.6. The van der Waals surface area contributed by atoms with Crippen LogP contribution < -0.4 is 5.32 Å². The fourth-order valence-electron chi connectivity index (χ4n) is 2.89. The van der Waals surface area contributed by atoms with E-state index in [1.807, 2.05) is 0 Å². The molecule has 0 atom stereocenters. The van der Waals surface area contributed by atoms with Crippen LogP contribution >= 0.6 is 23.1 Å². The molecule has 1 aliphatic carbocycles. The second-order valence-corrected chi connectivity index (χ2v) is 7.96. The Hall–Kier alpha value is -1.94. The first kappa shape index (κ1) is 18.8. The van der Waals surface area contributed by atoms with Gasteiger partial charge in [0, 0.05) is 11.9 Å². The molecule has 8 nitrogen and oxygen atoms in total. The number of amides is 1. The van der Waals surface area contributed by atoms with Crippen molar-refractivity contribution in [3.05, 3.63) is 16.0 Å². The Labute approximate surface area is 159 Å². The summed E-state index contributed by atoms with van der Waals surface area (Å²) >= 11 is 2.74. The SMILES string of the molecule is CCOC(=O)c1c(NC(=O)CSc2nnnn2C)sc2c1CCCCC2. The largest absolute Gasteiger partial charge is 0.462 e. The molecule has 0 saturated heterocycles. The highest BCUT2D eigenvalue weighted by Crippen LogP contribution is 2.38. The van der Waals surface area contributed by atoms with Crippen LogP contribution in [0, 0.1) is 0 Å². The zero-order chi connectivity index (χ0) is 18.5. The van der Waals surface area contributed by atoms with E-state index in [0.29, 0.717) is 22.3 Å². The molecule has 0 fully saturated rings. The first-order valence-corrected chi connectivity index (χ1v) is 10.4. The number of hydrogen-bond donors (Lipinski definition) is 1. The standard InChI is InChI=1S/C16H21N5O3S2/c1-3-24-15(23)13-10-7-5-4-6-8-11(10)26-14(13)17-12(22)9-25-16-18-19-20-21(16)2/h3-9H2,1-2H3,(H,17,22). The lowest BCUT2D eigenvalue weighted by molar-refractivity contribution is -0.113. The molecule has 1 amide bonds. The van der Waals surface area contributed by atoms with E-state index >= 15 is 0 Å². The van der Waals surface area contributed by atoms with E-state index in [-0.39, 0.29) is 17.6 Å². The maximum Gasteiger partial charge on any atom is 0.341 e. The summed E-state index contributed by atoms with van der Waals surface area (Å²) in [7, 11) is 1.72. The van der Waals surface area contributed by atoms with Gasteiger partial charge in [-0.15, -0.1) is 16.4 Å². The van der Waals surface area contributed by atoms with Gasteiger partial charge in [-0.05, 0) is 48.6 Å². The quantitative estimate of drug-likeness (QED) is 0.456. The second-order valence-electron chi connectivity index (χ2n) is 5.91. The third-order valence-electron chi connectivity index (χ3n) is 4.07. The maximum atomic E-state index is 12.5. The normalized spacial score (nSPS) is 13.8. The summed E-state index contributed by atoms with van der Waals surface area (Å²) in [5, 5.41) is 15.2. The highest BCUT2D eigenvalue weighted by molar-refractivity contribution is 7.99. The molecule has 2 heterocycles. The van der Waals surface area contributed by atoms with Crippen molar-refractivity contribution in [2.45, 2.75) is 44.2 Å². The van der Waals surface area contributed by atoms with Gasteiger partial charge < -0.3 is 10.1 Å². The van der Waals surface area contributed by atoms with E-state index in [1.54, 1.807) is 14.0 Å². The summed E-state index contributed by atoms with van der Waals surface area (Å²) in [6.45, 7) is 2.10. The number of anilines is 1. The van der Waals surface area contributed by atoms with Gasteiger partial charge in [-0.3, -0.25) is 4.79 Å². The summed E-state index contributed by atoms with van der Waals surface area (Å²) in [6.07, 6.45) is 5.13. The zero-order valence-electron chi connectivity index (χ0n) is 14.8. The van der Waals surface area contributed by atoms with Crippen LogP contribution in [-0.4, -0.2) is 44.4 Å². The lowest BCUT2D eigenvalue weighted by atomic mass is 10.1. The number of fused-ring (bicyclic) bond motifs is 1. The monoisotopic (exact) mass is 395 g/mol. The number of tetrazole rings is 1. The number of aromatic nitrogens is 4. The molecule has 0 radical (unpaired) electrons. The van der Waals surface area contributed by atoms with E-state index in [9.17, 15) is 9.59 Å². The number of thiophene rings is 1. The van der Waals surface area contributed by atoms with Crippen LogP contribution in [0.15, 0.2) is 5.16 Å². The molecule has 0 aromatic carbocycles. The van der Waals surface area contributed by atoms with Crippen LogP contribution in [0.1, 0.15) is 47.0 Å². The van der Waals surface area contributed by atoms with Gasteiger partial charge >= 0.3 is 5.97 Å². The van der Waals surface area contributed by atoms with E-state index in [4.69, 9.17) is 4.74 Å². The van der Waals surface area contributed by atoms with Crippen molar-refractivity contribution in [2.75, 3.05) is 17.7 Å².